The molecule has 0 amide bonds. The van der Waals surface area contributed by atoms with Crippen LogP contribution in [0.1, 0.15) is 17.4 Å². The highest BCUT2D eigenvalue weighted by atomic mass is 16.7. The fraction of sp³-hybridized carbons (Fsp3) is 0.231. The first-order valence-electron chi connectivity index (χ1n) is 5.90. The first-order chi connectivity index (χ1) is 9.28. The number of fused-ring (bicyclic) bond motifs is 1. The molecular formula is C13H12N2O4. The molecule has 0 saturated carbocycles. The van der Waals surface area contributed by atoms with Crippen LogP contribution in [-0.2, 0) is 4.74 Å². The van der Waals surface area contributed by atoms with Gasteiger partial charge in [-0.05, 0) is 31.2 Å². The molecule has 6 heteroatoms. The average Bonchev–Trinajstić information content (AvgIpc) is 3.07. The maximum atomic E-state index is 11.5. The zero-order valence-electron chi connectivity index (χ0n) is 10.3. The second-order valence-corrected chi connectivity index (χ2v) is 3.96. The van der Waals surface area contributed by atoms with Crippen molar-refractivity contribution in [1.29, 1.82) is 0 Å². The number of esters is 1. The van der Waals surface area contributed by atoms with Crippen molar-refractivity contribution < 1.29 is 19.0 Å². The minimum atomic E-state index is -0.415. The third kappa shape index (κ3) is 2.12. The molecule has 1 aromatic carbocycles. The lowest BCUT2D eigenvalue weighted by Crippen LogP contribution is -2.04. The van der Waals surface area contributed by atoms with Gasteiger partial charge in [-0.2, -0.15) is 5.10 Å². The molecule has 0 spiro atoms. The van der Waals surface area contributed by atoms with E-state index in [1.807, 2.05) is 18.2 Å². The van der Waals surface area contributed by atoms with Gasteiger partial charge in [0, 0.05) is 5.56 Å². The molecular weight excluding hydrogens is 248 g/mol. The van der Waals surface area contributed by atoms with E-state index in [1.54, 1.807) is 13.0 Å². The van der Waals surface area contributed by atoms with Gasteiger partial charge in [0.05, 0.1) is 12.3 Å². The molecule has 2 aromatic rings. The van der Waals surface area contributed by atoms with Gasteiger partial charge in [-0.1, -0.05) is 0 Å². The number of benzene rings is 1. The molecule has 2 heterocycles. The van der Waals surface area contributed by atoms with Crippen LogP contribution in [-0.4, -0.2) is 29.6 Å². The van der Waals surface area contributed by atoms with Gasteiger partial charge in [0.1, 0.15) is 5.69 Å². The van der Waals surface area contributed by atoms with Crippen molar-refractivity contribution in [2.75, 3.05) is 13.4 Å². The Bertz CT molecular complexity index is 621. The smallest absolute Gasteiger partial charge is 0.356 e. The summed E-state index contributed by atoms with van der Waals surface area (Å²) in [6, 6.07) is 7.15. The maximum absolute atomic E-state index is 11.5. The Morgan fingerprint density at radius 2 is 2.21 bits per heavy atom. The van der Waals surface area contributed by atoms with Crippen LogP contribution in [0.15, 0.2) is 24.3 Å². The summed E-state index contributed by atoms with van der Waals surface area (Å²) in [5.41, 5.74) is 1.83. The third-order valence-corrected chi connectivity index (χ3v) is 2.74. The van der Waals surface area contributed by atoms with E-state index < -0.39 is 5.97 Å². The Morgan fingerprint density at radius 1 is 1.37 bits per heavy atom. The zero-order chi connectivity index (χ0) is 13.2. The first kappa shape index (κ1) is 11.6. The van der Waals surface area contributed by atoms with Crippen molar-refractivity contribution in [1.82, 2.24) is 10.2 Å². The van der Waals surface area contributed by atoms with Gasteiger partial charge in [-0.15, -0.1) is 0 Å². The number of ether oxygens (including phenoxy) is 3. The highest BCUT2D eigenvalue weighted by Crippen LogP contribution is 2.35. The van der Waals surface area contributed by atoms with Gasteiger partial charge in [-0.25, -0.2) is 4.79 Å². The quantitative estimate of drug-likeness (QED) is 0.854. The second kappa shape index (κ2) is 4.64. The van der Waals surface area contributed by atoms with Crippen molar-refractivity contribution in [3.63, 3.8) is 0 Å². The van der Waals surface area contributed by atoms with Crippen LogP contribution >= 0.6 is 0 Å². The topological polar surface area (TPSA) is 73.4 Å². The monoisotopic (exact) mass is 260 g/mol. The van der Waals surface area contributed by atoms with Crippen LogP contribution in [0.25, 0.3) is 11.3 Å². The summed E-state index contributed by atoms with van der Waals surface area (Å²) in [5, 5.41) is 6.75. The Balaban J connectivity index is 1.88. The van der Waals surface area contributed by atoms with E-state index in [0.29, 0.717) is 29.5 Å². The number of aromatic amines is 1. The second-order valence-electron chi connectivity index (χ2n) is 3.96. The minimum absolute atomic E-state index is 0.230. The number of hydrogen-bond acceptors (Lipinski definition) is 5. The Kier molecular flexibility index (Phi) is 2.83. The van der Waals surface area contributed by atoms with Crippen LogP contribution < -0.4 is 9.47 Å². The van der Waals surface area contributed by atoms with Crippen LogP contribution in [0.3, 0.4) is 0 Å². The summed E-state index contributed by atoms with van der Waals surface area (Å²) in [4.78, 5) is 11.5. The third-order valence-electron chi connectivity index (χ3n) is 2.74. The number of rotatable bonds is 3. The largest absolute Gasteiger partial charge is 0.461 e. The zero-order valence-corrected chi connectivity index (χ0v) is 10.3. The van der Waals surface area contributed by atoms with Crippen molar-refractivity contribution in [3.05, 3.63) is 30.0 Å². The summed E-state index contributed by atoms with van der Waals surface area (Å²) in [6.45, 7) is 2.32. The first-order valence-corrected chi connectivity index (χ1v) is 5.90. The number of carbonyl (C=O) groups excluding carboxylic acids is 1. The minimum Gasteiger partial charge on any atom is -0.461 e. The molecule has 0 radical (unpaired) electrons. The Labute approximate surface area is 109 Å². The maximum Gasteiger partial charge on any atom is 0.356 e. The molecule has 0 bridgehead atoms. The van der Waals surface area contributed by atoms with Crippen molar-refractivity contribution in [2.45, 2.75) is 6.92 Å². The van der Waals surface area contributed by atoms with E-state index in [4.69, 9.17) is 14.2 Å². The molecule has 3 rings (SSSR count). The van der Waals surface area contributed by atoms with Gasteiger partial charge in [0.25, 0.3) is 0 Å². The molecule has 98 valence electrons. The number of carbonyl (C=O) groups is 1. The standard InChI is InChI=1S/C13H12N2O4/c1-2-17-13(16)10-6-9(14-15-10)8-3-4-11-12(5-8)19-7-18-11/h3-6H,2,7H2,1H3,(H,14,15). The number of H-pyrrole nitrogens is 1. The molecule has 0 unspecified atom stereocenters. The molecule has 1 aliphatic heterocycles. The molecule has 1 aliphatic rings. The Morgan fingerprint density at radius 3 is 3.05 bits per heavy atom. The Hall–Kier alpha value is -2.50. The number of aromatic nitrogens is 2. The van der Waals surface area contributed by atoms with Crippen molar-refractivity contribution >= 4 is 5.97 Å². The highest BCUT2D eigenvalue weighted by Gasteiger charge is 2.16. The van der Waals surface area contributed by atoms with E-state index in [-0.39, 0.29) is 6.79 Å². The van der Waals surface area contributed by atoms with Crippen LogP contribution in [0.5, 0.6) is 11.5 Å². The predicted octanol–water partition coefficient (Wildman–Crippen LogP) is 1.98. The summed E-state index contributed by atoms with van der Waals surface area (Å²) in [5.74, 6) is 0.977. The van der Waals surface area contributed by atoms with Crippen molar-refractivity contribution in [2.24, 2.45) is 0 Å². The van der Waals surface area contributed by atoms with Crippen LogP contribution in [0, 0.1) is 0 Å². The SMILES string of the molecule is CCOC(=O)c1cc(-c2ccc3c(c2)OCO3)n[nH]1. The van der Waals surface area contributed by atoms with Crippen LogP contribution in [0.4, 0.5) is 0 Å². The molecule has 19 heavy (non-hydrogen) atoms. The summed E-state index contributed by atoms with van der Waals surface area (Å²) < 4.78 is 15.4. The lowest BCUT2D eigenvalue weighted by molar-refractivity contribution is 0.0519. The number of nitrogens with one attached hydrogen (secondary N) is 1. The number of hydrogen-bond donors (Lipinski definition) is 1. The van der Waals surface area contributed by atoms with Gasteiger partial charge < -0.3 is 14.2 Å². The van der Waals surface area contributed by atoms with E-state index in [9.17, 15) is 4.79 Å². The van der Waals surface area contributed by atoms with E-state index in [2.05, 4.69) is 10.2 Å². The molecule has 0 fully saturated rings. The van der Waals surface area contributed by atoms with Crippen LogP contribution in [0.2, 0.25) is 0 Å². The average molecular weight is 260 g/mol. The number of nitrogens with zero attached hydrogens (tertiary/aromatic N) is 1. The van der Waals surface area contributed by atoms with E-state index in [1.165, 1.54) is 0 Å². The molecule has 6 nitrogen and oxygen atoms in total. The molecule has 1 N–H and O–H groups in total. The van der Waals surface area contributed by atoms with Gasteiger partial charge in [0.2, 0.25) is 6.79 Å². The predicted molar refractivity (Wildman–Crippen MR) is 66.1 cm³/mol. The fourth-order valence-electron chi connectivity index (χ4n) is 1.84. The van der Waals surface area contributed by atoms with E-state index in [0.717, 1.165) is 5.56 Å². The molecule has 1 aromatic heterocycles. The lowest BCUT2D eigenvalue weighted by Gasteiger charge is -1.99. The van der Waals surface area contributed by atoms with E-state index >= 15 is 0 Å². The van der Waals surface area contributed by atoms with Gasteiger partial charge in [0.15, 0.2) is 11.5 Å². The molecule has 0 saturated heterocycles. The summed E-state index contributed by atoms with van der Waals surface area (Å²) in [6.07, 6.45) is 0. The van der Waals surface area contributed by atoms with Gasteiger partial charge >= 0.3 is 5.97 Å². The van der Waals surface area contributed by atoms with Gasteiger partial charge in [-0.3, -0.25) is 5.10 Å². The van der Waals surface area contributed by atoms with Crippen molar-refractivity contribution in [3.8, 4) is 22.8 Å². The lowest BCUT2D eigenvalue weighted by atomic mass is 10.1. The molecule has 0 aliphatic carbocycles. The normalized spacial score (nSPS) is 12.5. The fourth-order valence-corrected chi connectivity index (χ4v) is 1.84. The summed E-state index contributed by atoms with van der Waals surface area (Å²) in [7, 11) is 0. The highest BCUT2D eigenvalue weighted by molar-refractivity contribution is 5.88. The molecule has 0 atom stereocenters. The summed E-state index contributed by atoms with van der Waals surface area (Å²) >= 11 is 0.